The number of nitrogens with zero attached hydrogens (tertiary/aromatic N) is 2. The van der Waals surface area contributed by atoms with Crippen LogP contribution in [0.4, 0.5) is 0 Å². The number of furan rings is 2. The van der Waals surface area contributed by atoms with Gasteiger partial charge in [-0.1, -0.05) is 12.1 Å². The quantitative estimate of drug-likeness (QED) is 0.689. The summed E-state index contributed by atoms with van der Waals surface area (Å²) in [5.74, 6) is 1.43. The number of benzene rings is 1. The monoisotopic (exact) mass is 350 g/mol. The highest BCUT2D eigenvalue weighted by Crippen LogP contribution is 2.34. The molecule has 26 heavy (non-hydrogen) atoms. The fourth-order valence-electron chi connectivity index (χ4n) is 3.01. The van der Waals surface area contributed by atoms with Crippen molar-refractivity contribution in [3.05, 3.63) is 78.1 Å². The molecule has 4 rings (SSSR count). The fourth-order valence-corrected chi connectivity index (χ4v) is 3.01. The average Bonchev–Trinajstić information content (AvgIpc) is 3.42. The van der Waals surface area contributed by atoms with Crippen molar-refractivity contribution in [2.24, 2.45) is 5.10 Å². The average molecular weight is 350 g/mol. The van der Waals surface area contributed by atoms with Crippen molar-refractivity contribution in [2.75, 3.05) is 6.61 Å². The zero-order valence-electron chi connectivity index (χ0n) is 14.3. The standard InChI is InChI=1S/C20H18N2O4/c1-2-24-15-9-7-14(8-10-15)17-13-16(18-5-3-11-25-18)21-22(17)20(23)19-6-4-12-26-19/h3-12,17H,2,13H2,1H3/t17-/m1/s1. The summed E-state index contributed by atoms with van der Waals surface area (Å²) in [7, 11) is 0. The van der Waals surface area contributed by atoms with Crippen molar-refractivity contribution in [3.8, 4) is 5.75 Å². The van der Waals surface area contributed by atoms with Crippen molar-refractivity contribution < 1.29 is 18.4 Å². The van der Waals surface area contributed by atoms with E-state index in [2.05, 4.69) is 5.10 Å². The second-order valence-corrected chi connectivity index (χ2v) is 5.87. The van der Waals surface area contributed by atoms with Gasteiger partial charge >= 0.3 is 5.91 Å². The van der Waals surface area contributed by atoms with Crippen molar-refractivity contribution in [1.82, 2.24) is 5.01 Å². The van der Waals surface area contributed by atoms with Crippen LogP contribution in [-0.4, -0.2) is 23.2 Å². The second-order valence-electron chi connectivity index (χ2n) is 5.87. The van der Waals surface area contributed by atoms with Crippen LogP contribution in [-0.2, 0) is 0 Å². The minimum atomic E-state index is -0.282. The van der Waals surface area contributed by atoms with Gasteiger partial charge in [0.2, 0.25) is 0 Å². The first-order chi connectivity index (χ1) is 12.8. The Hall–Kier alpha value is -3.28. The van der Waals surface area contributed by atoms with Gasteiger partial charge < -0.3 is 13.6 Å². The van der Waals surface area contributed by atoms with E-state index >= 15 is 0 Å². The number of hydrogen-bond acceptors (Lipinski definition) is 5. The molecule has 0 saturated heterocycles. The van der Waals surface area contributed by atoms with E-state index in [-0.39, 0.29) is 17.7 Å². The first-order valence-electron chi connectivity index (χ1n) is 8.47. The van der Waals surface area contributed by atoms with Crippen LogP contribution in [0.1, 0.15) is 41.3 Å². The topological polar surface area (TPSA) is 68.2 Å². The Morgan fingerprint density at radius 2 is 1.92 bits per heavy atom. The minimum absolute atomic E-state index is 0.233. The molecule has 0 saturated carbocycles. The maximum Gasteiger partial charge on any atom is 0.310 e. The Morgan fingerprint density at radius 3 is 2.58 bits per heavy atom. The van der Waals surface area contributed by atoms with Gasteiger partial charge in [0, 0.05) is 6.42 Å². The lowest BCUT2D eigenvalue weighted by atomic mass is 10.0. The zero-order chi connectivity index (χ0) is 17.9. The summed E-state index contributed by atoms with van der Waals surface area (Å²) in [6, 6.07) is 14.5. The van der Waals surface area contributed by atoms with Crippen LogP contribution in [0.25, 0.3) is 0 Å². The van der Waals surface area contributed by atoms with Crippen LogP contribution < -0.4 is 4.74 Å². The summed E-state index contributed by atoms with van der Waals surface area (Å²) in [4.78, 5) is 12.8. The molecule has 0 aliphatic carbocycles. The number of hydrazone groups is 1. The van der Waals surface area contributed by atoms with Gasteiger partial charge in [0.25, 0.3) is 0 Å². The van der Waals surface area contributed by atoms with Gasteiger partial charge in [-0.15, -0.1) is 0 Å². The Kier molecular flexibility index (Phi) is 4.31. The van der Waals surface area contributed by atoms with Gasteiger partial charge in [-0.3, -0.25) is 4.79 Å². The predicted octanol–water partition coefficient (Wildman–Crippen LogP) is 4.26. The van der Waals surface area contributed by atoms with Crippen LogP contribution in [0.3, 0.4) is 0 Å². The van der Waals surface area contributed by atoms with Gasteiger partial charge in [-0.05, 0) is 48.9 Å². The van der Waals surface area contributed by atoms with Crippen molar-refractivity contribution in [1.29, 1.82) is 0 Å². The van der Waals surface area contributed by atoms with Crippen LogP contribution in [0.5, 0.6) is 5.75 Å². The molecule has 3 aromatic rings. The van der Waals surface area contributed by atoms with Gasteiger partial charge in [0.1, 0.15) is 17.2 Å². The lowest BCUT2D eigenvalue weighted by molar-refractivity contribution is 0.0678. The smallest absolute Gasteiger partial charge is 0.310 e. The highest BCUT2D eigenvalue weighted by Gasteiger charge is 2.35. The Balaban J connectivity index is 1.66. The molecule has 6 heteroatoms. The number of ether oxygens (including phenoxy) is 1. The van der Waals surface area contributed by atoms with Gasteiger partial charge in [0.05, 0.1) is 25.2 Å². The lowest BCUT2D eigenvalue weighted by Gasteiger charge is -2.21. The molecule has 1 atom stereocenters. The van der Waals surface area contributed by atoms with Gasteiger partial charge in [0.15, 0.2) is 5.76 Å². The summed E-state index contributed by atoms with van der Waals surface area (Å²) in [6.07, 6.45) is 3.64. The minimum Gasteiger partial charge on any atom is -0.494 e. The molecule has 0 bridgehead atoms. The van der Waals surface area contributed by atoms with E-state index in [0.29, 0.717) is 18.8 Å². The van der Waals surface area contributed by atoms with Crippen molar-refractivity contribution >= 4 is 11.6 Å². The van der Waals surface area contributed by atoms with Crippen LogP contribution in [0.15, 0.2) is 75.0 Å². The zero-order valence-corrected chi connectivity index (χ0v) is 14.3. The fraction of sp³-hybridized carbons (Fsp3) is 0.200. The second kappa shape index (κ2) is 6.92. The van der Waals surface area contributed by atoms with E-state index in [1.165, 1.54) is 11.3 Å². The number of rotatable bonds is 5. The van der Waals surface area contributed by atoms with Gasteiger partial charge in [-0.25, -0.2) is 5.01 Å². The molecule has 3 heterocycles. The maximum absolute atomic E-state index is 12.8. The molecule has 1 aromatic carbocycles. The third kappa shape index (κ3) is 3.01. The summed E-state index contributed by atoms with van der Waals surface area (Å²) >= 11 is 0. The van der Waals surface area contributed by atoms with Crippen molar-refractivity contribution in [2.45, 2.75) is 19.4 Å². The van der Waals surface area contributed by atoms with Crippen LogP contribution >= 0.6 is 0 Å². The third-order valence-electron chi connectivity index (χ3n) is 4.23. The molecular weight excluding hydrogens is 332 g/mol. The Morgan fingerprint density at radius 1 is 1.15 bits per heavy atom. The molecule has 0 fully saturated rings. The SMILES string of the molecule is CCOc1ccc([C@H]2CC(c3ccco3)=NN2C(=O)c2ccco2)cc1. The van der Waals surface area contributed by atoms with E-state index in [4.69, 9.17) is 13.6 Å². The predicted molar refractivity (Wildman–Crippen MR) is 95.1 cm³/mol. The number of carbonyl (C=O) groups excluding carboxylic acids is 1. The largest absolute Gasteiger partial charge is 0.494 e. The van der Waals surface area contributed by atoms with E-state index in [9.17, 15) is 4.79 Å². The van der Waals surface area contributed by atoms with Crippen molar-refractivity contribution in [3.63, 3.8) is 0 Å². The Labute approximate surface area is 150 Å². The summed E-state index contributed by atoms with van der Waals surface area (Å²) < 4.78 is 16.2. The van der Waals surface area contributed by atoms with Crippen LogP contribution in [0.2, 0.25) is 0 Å². The van der Waals surface area contributed by atoms with E-state index in [1.54, 1.807) is 24.5 Å². The Bertz CT molecular complexity index is 896. The maximum atomic E-state index is 12.8. The number of hydrogen-bond donors (Lipinski definition) is 0. The molecule has 132 valence electrons. The molecule has 2 aromatic heterocycles. The number of carbonyl (C=O) groups is 1. The highest BCUT2D eigenvalue weighted by atomic mass is 16.5. The first-order valence-corrected chi connectivity index (χ1v) is 8.47. The molecule has 1 aliphatic heterocycles. The molecular formula is C20H18N2O4. The molecule has 0 N–H and O–H groups in total. The summed E-state index contributed by atoms with van der Waals surface area (Å²) in [5.41, 5.74) is 1.70. The first kappa shape index (κ1) is 16.2. The highest BCUT2D eigenvalue weighted by molar-refractivity contribution is 6.02. The van der Waals surface area contributed by atoms with E-state index in [1.807, 2.05) is 37.3 Å². The lowest BCUT2D eigenvalue weighted by Crippen LogP contribution is -2.26. The normalized spacial score (nSPS) is 16.6. The summed E-state index contributed by atoms with van der Waals surface area (Å²) in [5, 5.41) is 5.98. The third-order valence-corrected chi connectivity index (χ3v) is 4.23. The molecule has 0 radical (unpaired) electrons. The molecule has 1 amide bonds. The molecule has 0 spiro atoms. The molecule has 0 unspecified atom stereocenters. The molecule has 6 nitrogen and oxygen atoms in total. The number of amides is 1. The molecule has 1 aliphatic rings. The van der Waals surface area contributed by atoms with E-state index in [0.717, 1.165) is 17.0 Å². The van der Waals surface area contributed by atoms with E-state index < -0.39 is 0 Å². The van der Waals surface area contributed by atoms with Gasteiger partial charge in [-0.2, -0.15) is 5.10 Å². The van der Waals surface area contributed by atoms with Crippen LogP contribution in [0, 0.1) is 0 Å². The summed E-state index contributed by atoms with van der Waals surface area (Å²) in [6.45, 7) is 2.55.